The Labute approximate surface area is 75.6 Å². The van der Waals surface area contributed by atoms with Crippen LogP contribution in [0.1, 0.15) is 27.9 Å². The maximum absolute atomic E-state index is 13.2. The summed E-state index contributed by atoms with van der Waals surface area (Å²) in [6.07, 6.45) is 2.41. The van der Waals surface area contributed by atoms with Crippen molar-refractivity contribution in [2.75, 3.05) is 0 Å². The van der Waals surface area contributed by atoms with Crippen molar-refractivity contribution in [1.82, 2.24) is 0 Å². The first-order valence-electron chi connectivity index (χ1n) is 4.30. The minimum Gasteiger partial charge on any atom is -0.366 e. The Kier molecular flexibility index (Phi) is 1.79. The monoisotopic (exact) mass is 179 g/mol. The van der Waals surface area contributed by atoms with Gasteiger partial charge in [-0.2, -0.15) is 0 Å². The summed E-state index contributed by atoms with van der Waals surface area (Å²) >= 11 is 0. The quantitative estimate of drug-likeness (QED) is 0.696. The molecule has 2 N–H and O–H groups in total. The largest absolute Gasteiger partial charge is 0.366 e. The molecule has 2 rings (SSSR count). The molecule has 1 aliphatic rings. The second-order valence-corrected chi connectivity index (χ2v) is 3.27. The molecule has 1 aromatic carbocycles. The van der Waals surface area contributed by atoms with Crippen molar-refractivity contribution in [1.29, 1.82) is 0 Å². The fourth-order valence-corrected chi connectivity index (χ4v) is 1.89. The van der Waals surface area contributed by atoms with Crippen molar-refractivity contribution in [3.05, 3.63) is 34.6 Å². The molecule has 0 fully saturated rings. The summed E-state index contributed by atoms with van der Waals surface area (Å²) in [4.78, 5) is 11.0. The van der Waals surface area contributed by atoms with Gasteiger partial charge >= 0.3 is 0 Å². The molecule has 0 aliphatic heterocycles. The molecule has 0 radical (unpaired) electrons. The highest BCUT2D eigenvalue weighted by molar-refractivity contribution is 5.94. The van der Waals surface area contributed by atoms with E-state index in [0.29, 0.717) is 11.1 Å². The minimum atomic E-state index is -0.460. The van der Waals surface area contributed by atoms with E-state index in [0.717, 1.165) is 24.8 Å². The van der Waals surface area contributed by atoms with Crippen LogP contribution in [0.15, 0.2) is 12.1 Å². The highest BCUT2D eigenvalue weighted by Gasteiger charge is 2.20. The van der Waals surface area contributed by atoms with E-state index in [1.807, 2.05) is 0 Å². The molecule has 0 saturated heterocycles. The molecule has 68 valence electrons. The van der Waals surface area contributed by atoms with E-state index in [2.05, 4.69) is 0 Å². The summed E-state index contributed by atoms with van der Waals surface area (Å²) in [5.74, 6) is -0.671. The zero-order valence-electron chi connectivity index (χ0n) is 7.14. The van der Waals surface area contributed by atoms with Crippen molar-refractivity contribution in [2.45, 2.75) is 19.3 Å². The smallest absolute Gasteiger partial charge is 0.248 e. The number of halogens is 1. The zero-order chi connectivity index (χ0) is 9.42. The molecule has 0 spiro atoms. The summed E-state index contributed by atoms with van der Waals surface area (Å²) in [6.45, 7) is 0. The highest BCUT2D eigenvalue weighted by atomic mass is 19.1. The second kappa shape index (κ2) is 2.83. The van der Waals surface area contributed by atoms with Crippen LogP contribution in [0, 0.1) is 5.82 Å². The predicted molar refractivity (Wildman–Crippen MR) is 46.9 cm³/mol. The van der Waals surface area contributed by atoms with E-state index in [4.69, 9.17) is 5.73 Å². The van der Waals surface area contributed by atoms with Crippen LogP contribution in [0.2, 0.25) is 0 Å². The first-order chi connectivity index (χ1) is 6.20. The fourth-order valence-electron chi connectivity index (χ4n) is 1.89. The van der Waals surface area contributed by atoms with Crippen molar-refractivity contribution in [3.8, 4) is 0 Å². The van der Waals surface area contributed by atoms with Gasteiger partial charge in [-0.3, -0.25) is 4.79 Å². The van der Waals surface area contributed by atoms with E-state index in [9.17, 15) is 9.18 Å². The van der Waals surface area contributed by atoms with Gasteiger partial charge in [0.2, 0.25) is 5.91 Å². The molecule has 2 nitrogen and oxygen atoms in total. The highest BCUT2D eigenvalue weighted by Crippen LogP contribution is 2.27. The first-order valence-corrected chi connectivity index (χ1v) is 4.30. The van der Waals surface area contributed by atoms with Gasteiger partial charge in [0.05, 0.1) is 0 Å². The maximum atomic E-state index is 13.2. The van der Waals surface area contributed by atoms with Crippen LogP contribution in [0.25, 0.3) is 0 Å². The van der Waals surface area contributed by atoms with E-state index >= 15 is 0 Å². The molecule has 0 unspecified atom stereocenters. The third kappa shape index (κ3) is 1.20. The summed E-state index contributed by atoms with van der Waals surface area (Å²) < 4.78 is 13.2. The molecule has 0 bridgehead atoms. The molecule has 1 aromatic rings. The maximum Gasteiger partial charge on any atom is 0.248 e. The number of carbonyl (C=O) groups is 1. The number of fused-ring (bicyclic) bond motifs is 1. The first kappa shape index (κ1) is 8.23. The van der Waals surface area contributed by atoms with Gasteiger partial charge in [-0.05, 0) is 42.5 Å². The summed E-state index contributed by atoms with van der Waals surface area (Å²) in [5, 5.41) is 0. The van der Waals surface area contributed by atoms with Gasteiger partial charge in [0.25, 0.3) is 0 Å². The number of amides is 1. The van der Waals surface area contributed by atoms with Crippen LogP contribution in [0.4, 0.5) is 4.39 Å². The summed E-state index contributed by atoms with van der Waals surface area (Å²) in [5.41, 5.74) is 7.15. The molecule has 0 aromatic heterocycles. The van der Waals surface area contributed by atoms with Crippen molar-refractivity contribution >= 4 is 5.91 Å². The van der Waals surface area contributed by atoms with E-state index in [1.165, 1.54) is 12.1 Å². The molecule has 0 saturated carbocycles. The molecule has 0 atom stereocenters. The zero-order valence-corrected chi connectivity index (χ0v) is 7.14. The van der Waals surface area contributed by atoms with E-state index < -0.39 is 5.91 Å². The van der Waals surface area contributed by atoms with Crippen LogP contribution in [-0.4, -0.2) is 5.91 Å². The number of carbonyl (C=O) groups excluding carboxylic acids is 1. The Balaban J connectivity index is 2.62. The van der Waals surface area contributed by atoms with Crippen molar-refractivity contribution < 1.29 is 9.18 Å². The van der Waals surface area contributed by atoms with Gasteiger partial charge in [0, 0.05) is 5.56 Å². The summed E-state index contributed by atoms with van der Waals surface area (Å²) in [7, 11) is 0. The summed E-state index contributed by atoms with van der Waals surface area (Å²) in [6, 6.07) is 2.80. The Bertz CT molecular complexity index is 373. The lowest BCUT2D eigenvalue weighted by molar-refractivity contribution is 0.0999. The standard InChI is InChI=1S/C10H10FNO/c11-9-5-4-8(10(12)13)6-2-1-3-7(6)9/h4-5H,1-3H2,(H2,12,13). The third-order valence-electron chi connectivity index (χ3n) is 2.49. The Morgan fingerprint density at radius 2 is 2.00 bits per heavy atom. The van der Waals surface area contributed by atoms with Gasteiger partial charge < -0.3 is 5.73 Å². The predicted octanol–water partition coefficient (Wildman–Crippen LogP) is 1.41. The molecule has 3 heteroatoms. The van der Waals surface area contributed by atoms with E-state index in [-0.39, 0.29) is 5.82 Å². The molecule has 1 amide bonds. The molecule has 13 heavy (non-hydrogen) atoms. The number of nitrogens with two attached hydrogens (primary N) is 1. The Morgan fingerprint density at radius 3 is 2.69 bits per heavy atom. The fraction of sp³-hybridized carbons (Fsp3) is 0.300. The molecule has 0 heterocycles. The average molecular weight is 179 g/mol. The van der Waals surface area contributed by atoms with Crippen LogP contribution in [0.3, 0.4) is 0 Å². The van der Waals surface area contributed by atoms with Gasteiger partial charge in [-0.1, -0.05) is 0 Å². The van der Waals surface area contributed by atoms with Crippen LogP contribution in [0.5, 0.6) is 0 Å². The number of rotatable bonds is 1. The lowest BCUT2D eigenvalue weighted by Gasteiger charge is -2.05. The molecular formula is C10H10FNO. The van der Waals surface area contributed by atoms with Crippen LogP contribution in [-0.2, 0) is 12.8 Å². The van der Waals surface area contributed by atoms with Crippen molar-refractivity contribution in [3.63, 3.8) is 0 Å². The number of primary amides is 1. The lowest BCUT2D eigenvalue weighted by atomic mass is 10.0. The SMILES string of the molecule is NC(=O)c1ccc(F)c2c1CCC2. The lowest BCUT2D eigenvalue weighted by Crippen LogP contribution is -2.14. The number of hydrogen-bond donors (Lipinski definition) is 1. The van der Waals surface area contributed by atoms with Gasteiger partial charge in [0.1, 0.15) is 5.82 Å². The topological polar surface area (TPSA) is 43.1 Å². The van der Waals surface area contributed by atoms with Crippen molar-refractivity contribution in [2.24, 2.45) is 5.73 Å². The van der Waals surface area contributed by atoms with Gasteiger partial charge in [0.15, 0.2) is 0 Å². The van der Waals surface area contributed by atoms with Crippen LogP contribution < -0.4 is 5.73 Å². The number of hydrogen-bond acceptors (Lipinski definition) is 1. The molecular weight excluding hydrogens is 169 g/mol. The Hall–Kier alpha value is -1.38. The van der Waals surface area contributed by atoms with Gasteiger partial charge in [-0.15, -0.1) is 0 Å². The van der Waals surface area contributed by atoms with Crippen LogP contribution >= 0.6 is 0 Å². The van der Waals surface area contributed by atoms with E-state index in [1.54, 1.807) is 0 Å². The normalized spacial score (nSPS) is 14.2. The average Bonchev–Trinajstić information content (AvgIpc) is 2.53. The third-order valence-corrected chi connectivity index (χ3v) is 2.49. The second-order valence-electron chi connectivity index (χ2n) is 3.27. The number of benzene rings is 1. The minimum absolute atomic E-state index is 0.211. The van der Waals surface area contributed by atoms with Gasteiger partial charge in [-0.25, -0.2) is 4.39 Å². The molecule has 1 aliphatic carbocycles. The Morgan fingerprint density at radius 1 is 1.31 bits per heavy atom.